The van der Waals surface area contributed by atoms with Crippen molar-refractivity contribution in [1.82, 2.24) is 9.97 Å². The monoisotopic (exact) mass is 273 g/mol. The quantitative estimate of drug-likeness (QED) is 0.411. The van der Waals surface area contributed by atoms with Crippen LogP contribution in [-0.2, 0) is 9.47 Å². The van der Waals surface area contributed by atoms with Gasteiger partial charge in [-0.15, -0.1) is 0 Å². The zero-order valence-electron chi connectivity index (χ0n) is 10.7. The lowest BCUT2D eigenvalue weighted by Gasteiger charge is -2.07. The third kappa shape index (κ3) is 6.04. The summed E-state index contributed by atoms with van der Waals surface area (Å²) in [6.45, 7) is 2.33. The van der Waals surface area contributed by atoms with Crippen LogP contribution < -0.4 is 10.5 Å². The number of aromatic nitrogens is 2. The van der Waals surface area contributed by atoms with E-state index in [1.54, 1.807) is 13.2 Å². The van der Waals surface area contributed by atoms with Gasteiger partial charge in [-0.2, -0.15) is 4.98 Å². The molecule has 0 aliphatic rings. The normalized spacial score (nSPS) is 10.6. The molecule has 1 aromatic rings. The van der Waals surface area contributed by atoms with Crippen LogP contribution in [0.4, 0.5) is 5.82 Å². The first-order valence-electron chi connectivity index (χ1n) is 5.64. The summed E-state index contributed by atoms with van der Waals surface area (Å²) in [4.78, 5) is 8.21. The minimum atomic E-state index is 0.408. The highest BCUT2D eigenvalue weighted by atomic mass is 32.2. The predicted octanol–water partition coefficient (Wildman–Crippen LogP) is 1.21. The Morgan fingerprint density at radius 3 is 2.78 bits per heavy atom. The molecule has 0 aliphatic carbocycles. The molecule has 0 aromatic carbocycles. The van der Waals surface area contributed by atoms with Crippen LogP contribution in [-0.4, -0.2) is 49.8 Å². The van der Waals surface area contributed by atoms with E-state index in [1.807, 2.05) is 6.26 Å². The second-order valence-corrected chi connectivity index (χ2v) is 4.20. The lowest BCUT2D eigenvalue weighted by Crippen LogP contribution is -2.10. The van der Waals surface area contributed by atoms with Crippen molar-refractivity contribution in [3.05, 3.63) is 6.07 Å². The summed E-state index contributed by atoms with van der Waals surface area (Å²) in [7, 11) is 1.67. The number of methoxy groups -OCH3 is 1. The zero-order valence-corrected chi connectivity index (χ0v) is 11.5. The van der Waals surface area contributed by atoms with Gasteiger partial charge in [0.25, 0.3) is 0 Å². The summed E-state index contributed by atoms with van der Waals surface area (Å²) >= 11 is 1.42. The maximum Gasteiger partial charge on any atom is 0.219 e. The highest BCUT2D eigenvalue weighted by molar-refractivity contribution is 7.98. The Morgan fingerprint density at radius 2 is 2.06 bits per heavy atom. The van der Waals surface area contributed by atoms with Crippen LogP contribution in [0.25, 0.3) is 0 Å². The van der Waals surface area contributed by atoms with Crippen LogP contribution in [0.2, 0.25) is 0 Å². The Labute approximate surface area is 111 Å². The average molecular weight is 273 g/mol. The van der Waals surface area contributed by atoms with Gasteiger partial charge in [0.2, 0.25) is 5.88 Å². The van der Waals surface area contributed by atoms with Crippen LogP contribution in [0.3, 0.4) is 0 Å². The molecular formula is C11H19N3O3S. The van der Waals surface area contributed by atoms with Crippen LogP contribution in [0.1, 0.15) is 6.42 Å². The number of anilines is 1. The molecule has 0 bridgehead atoms. The van der Waals surface area contributed by atoms with E-state index in [0.717, 1.165) is 6.42 Å². The number of ether oxygens (including phenoxy) is 3. The van der Waals surface area contributed by atoms with Crippen molar-refractivity contribution in [3.63, 3.8) is 0 Å². The van der Waals surface area contributed by atoms with Crippen LogP contribution in [0.5, 0.6) is 5.88 Å². The molecule has 18 heavy (non-hydrogen) atoms. The molecule has 1 heterocycles. The highest BCUT2D eigenvalue weighted by Crippen LogP contribution is 2.16. The van der Waals surface area contributed by atoms with Crippen molar-refractivity contribution in [2.75, 3.05) is 45.5 Å². The number of nitrogens with zero attached hydrogens (tertiary/aromatic N) is 2. The molecule has 0 atom stereocenters. The van der Waals surface area contributed by atoms with Crippen LogP contribution in [0, 0.1) is 0 Å². The molecule has 1 rings (SSSR count). The number of rotatable bonds is 9. The molecule has 2 N–H and O–H groups in total. The van der Waals surface area contributed by atoms with Gasteiger partial charge in [0.1, 0.15) is 12.4 Å². The fraction of sp³-hybridized carbons (Fsp3) is 0.636. The van der Waals surface area contributed by atoms with E-state index in [9.17, 15) is 0 Å². The largest absolute Gasteiger partial charge is 0.475 e. The van der Waals surface area contributed by atoms with E-state index in [-0.39, 0.29) is 0 Å². The molecule has 0 amide bonds. The van der Waals surface area contributed by atoms with Crippen molar-refractivity contribution in [1.29, 1.82) is 0 Å². The molecule has 102 valence electrons. The van der Waals surface area contributed by atoms with Crippen molar-refractivity contribution in [3.8, 4) is 5.88 Å². The third-order valence-corrected chi connectivity index (χ3v) is 2.55. The van der Waals surface area contributed by atoms with Gasteiger partial charge >= 0.3 is 0 Å². The lowest BCUT2D eigenvalue weighted by atomic mass is 10.5. The van der Waals surface area contributed by atoms with Crippen molar-refractivity contribution < 1.29 is 14.2 Å². The first-order valence-corrected chi connectivity index (χ1v) is 6.86. The van der Waals surface area contributed by atoms with Crippen LogP contribution in [0.15, 0.2) is 11.2 Å². The van der Waals surface area contributed by atoms with E-state index in [0.29, 0.717) is 43.3 Å². The number of nitrogen functional groups attached to an aromatic ring is 1. The van der Waals surface area contributed by atoms with Crippen LogP contribution >= 0.6 is 11.8 Å². The topological polar surface area (TPSA) is 79.5 Å². The second kappa shape index (κ2) is 8.96. The van der Waals surface area contributed by atoms with E-state index in [2.05, 4.69) is 9.97 Å². The molecule has 0 unspecified atom stereocenters. The van der Waals surface area contributed by atoms with E-state index >= 15 is 0 Å². The van der Waals surface area contributed by atoms with E-state index in [4.69, 9.17) is 19.9 Å². The minimum Gasteiger partial charge on any atom is -0.475 e. The Hall–Kier alpha value is -1.05. The highest BCUT2D eigenvalue weighted by Gasteiger charge is 2.02. The summed E-state index contributed by atoms with van der Waals surface area (Å²) in [5, 5.41) is 0.603. The molecule has 0 radical (unpaired) electrons. The summed E-state index contributed by atoms with van der Waals surface area (Å²) < 4.78 is 15.7. The first-order chi connectivity index (χ1) is 8.76. The van der Waals surface area contributed by atoms with Gasteiger partial charge in [0, 0.05) is 26.4 Å². The Morgan fingerprint density at radius 1 is 1.22 bits per heavy atom. The van der Waals surface area contributed by atoms with Crippen molar-refractivity contribution in [2.45, 2.75) is 11.6 Å². The SMILES string of the molecule is COCCCOCCOc1cc(N)nc(SC)n1. The van der Waals surface area contributed by atoms with E-state index in [1.165, 1.54) is 11.8 Å². The Bertz CT molecular complexity index is 352. The minimum absolute atomic E-state index is 0.408. The maximum absolute atomic E-state index is 5.63. The van der Waals surface area contributed by atoms with Gasteiger partial charge in [-0.05, 0) is 12.7 Å². The fourth-order valence-electron chi connectivity index (χ4n) is 1.20. The van der Waals surface area contributed by atoms with Gasteiger partial charge in [-0.25, -0.2) is 4.98 Å². The average Bonchev–Trinajstić information content (AvgIpc) is 2.37. The number of hydrogen-bond donors (Lipinski definition) is 1. The summed E-state index contributed by atoms with van der Waals surface area (Å²) in [6.07, 6.45) is 2.77. The van der Waals surface area contributed by atoms with Crippen molar-refractivity contribution in [2.24, 2.45) is 0 Å². The summed E-state index contributed by atoms with van der Waals surface area (Å²) in [6, 6.07) is 1.60. The Kier molecular flexibility index (Phi) is 7.47. The Balaban J connectivity index is 2.20. The second-order valence-electron chi connectivity index (χ2n) is 3.42. The summed E-state index contributed by atoms with van der Waals surface area (Å²) in [5.74, 6) is 0.887. The molecule has 0 aliphatic heterocycles. The number of thioether (sulfide) groups is 1. The molecule has 6 nitrogen and oxygen atoms in total. The van der Waals surface area contributed by atoms with Crippen molar-refractivity contribution >= 4 is 17.6 Å². The number of nitrogens with two attached hydrogens (primary N) is 1. The fourth-order valence-corrected chi connectivity index (χ4v) is 1.58. The number of hydrogen-bond acceptors (Lipinski definition) is 7. The van der Waals surface area contributed by atoms with Gasteiger partial charge in [0.05, 0.1) is 6.61 Å². The van der Waals surface area contributed by atoms with Gasteiger partial charge in [-0.1, -0.05) is 11.8 Å². The maximum atomic E-state index is 5.63. The summed E-state index contributed by atoms with van der Waals surface area (Å²) in [5.41, 5.74) is 5.63. The molecule has 1 aromatic heterocycles. The third-order valence-electron chi connectivity index (χ3n) is 2.00. The molecule has 0 saturated heterocycles. The van der Waals surface area contributed by atoms with Gasteiger partial charge in [0.15, 0.2) is 5.16 Å². The standard InChI is InChI=1S/C11H19N3O3S/c1-15-4-3-5-16-6-7-17-10-8-9(12)13-11(14-10)18-2/h8H,3-7H2,1-2H3,(H2,12,13,14). The predicted molar refractivity (Wildman–Crippen MR) is 71.0 cm³/mol. The molecule has 7 heteroatoms. The molecule has 0 fully saturated rings. The van der Waals surface area contributed by atoms with Gasteiger partial charge in [-0.3, -0.25) is 0 Å². The lowest BCUT2D eigenvalue weighted by molar-refractivity contribution is 0.0794. The zero-order chi connectivity index (χ0) is 13.2. The molecular weight excluding hydrogens is 254 g/mol. The smallest absolute Gasteiger partial charge is 0.219 e. The first kappa shape index (κ1) is 15.0. The van der Waals surface area contributed by atoms with Gasteiger partial charge < -0.3 is 19.9 Å². The molecule has 0 spiro atoms. The molecule has 0 saturated carbocycles. The van der Waals surface area contributed by atoms with E-state index < -0.39 is 0 Å².